The molecule has 0 aliphatic heterocycles. The zero-order valence-corrected chi connectivity index (χ0v) is 19.5. The molecular formula is C21H20BrClN4O2S. The lowest BCUT2D eigenvalue weighted by Gasteiger charge is -2.23. The number of nitrogens with one attached hydrogen (secondary N) is 2. The monoisotopic (exact) mass is 506 g/mol. The molecule has 156 valence electrons. The molecule has 2 amide bonds. The van der Waals surface area contributed by atoms with E-state index in [9.17, 15) is 9.59 Å². The molecule has 1 aromatic heterocycles. The summed E-state index contributed by atoms with van der Waals surface area (Å²) in [4.78, 5) is 25.5. The summed E-state index contributed by atoms with van der Waals surface area (Å²) < 4.78 is 0.970. The van der Waals surface area contributed by atoms with Crippen molar-refractivity contribution >= 4 is 55.8 Å². The molecule has 1 heterocycles. The van der Waals surface area contributed by atoms with Crippen molar-refractivity contribution in [3.63, 3.8) is 0 Å². The fraction of sp³-hybridized carbons (Fsp3) is 0.238. The van der Waals surface area contributed by atoms with Gasteiger partial charge in [0, 0.05) is 20.6 Å². The molecule has 2 aromatic carbocycles. The molecule has 6 nitrogen and oxygen atoms in total. The fourth-order valence-corrected chi connectivity index (χ4v) is 3.84. The van der Waals surface area contributed by atoms with Crippen LogP contribution in [-0.2, 0) is 4.79 Å². The van der Waals surface area contributed by atoms with Crippen LogP contribution in [-0.4, -0.2) is 28.1 Å². The van der Waals surface area contributed by atoms with Gasteiger partial charge in [0.05, 0.1) is 0 Å². The van der Waals surface area contributed by atoms with E-state index in [1.807, 2.05) is 38.1 Å². The van der Waals surface area contributed by atoms with Gasteiger partial charge in [0.1, 0.15) is 11.0 Å². The maximum Gasteiger partial charge on any atom is 0.251 e. The van der Waals surface area contributed by atoms with Crippen molar-refractivity contribution in [2.45, 2.75) is 26.3 Å². The van der Waals surface area contributed by atoms with Gasteiger partial charge in [0.2, 0.25) is 11.0 Å². The quantitative estimate of drug-likeness (QED) is 0.448. The lowest BCUT2D eigenvalue weighted by atomic mass is 9.98. The molecule has 0 bridgehead atoms. The maximum atomic E-state index is 12.9. The van der Waals surface area contributed by atoms with E-state index in [4.69, 9.17) is 11.6 Å². The third-order valence-electron chi connectivity index (χ3n) is 4.63. The van der Waals surface area contributed by atoms with Crippen LogP contribution in [0.2, 0.25) is 5.02 Å². The SMILES string of the molecule is CCC(C)C(NC(=O)c1ccc(Cl)cc1)C(=O)Nc1nnc(-c2ccc(Br)cc2)s1. The zero-order chi connectivity index (χ0) is 21.7. The van der Waals surface area contributed by atoms with E-state index in [1.165, 1.54) is 11.3 Å². The molecule has 3 aromatic rings. The van der Waals surface area contributed by atoms with Gasteiger partial charge in [-0.2, -0.15) is 0 Å². The summed E-state index contributed by atoms with van der Waals surface area (Å²) in [6.07, 6.45) is 0.721. The van der Waals surface area contributed by atoms with Gasteiger partial charge in [-0.05, 0) is 42.3 Å². The Morgan fingerprint density at radius 3 is 2.40 bits per heavy atom. The van der Waals surface area contributed by atoms with Crippen LogP contribution in [0.25, 0.3) is 10.6 Å². The summed E-state index contributed by atoms with van der Waals surface area (Å²) in [6.45, 7) is 3.88. The van der Waals surface area contributed by atoms with Crippen molar-refractivity contribution in [3.05, 3.63) is 63.6 Å². The topological polar surface area (TPSA) is 84.0 Å². The van der Waals surface area contributed by atoms with Gasteiger partial charge >= 0.3 is 0 Å². The van der Waals surface area contributed by atoms with Gasteiger partial charge in [-0.15, -0.1) is 10.2 Å². The molecule has 0 saturated carbocycles. The van der Waals surface area contributed by atoms with Crippen LogP contribution < -0.4 is 10.6 Å². The summed E-state index contributed by atoms with van der Waals surface area (Å²) in [5.74, 6) is -0.731. The first-order valence-electron chi connectivity index (χ1n) is 9.34. The average molecular weight is 508 g/mol. The van der Waals surface area contributed by atoms with Crippen molar-refractivity contribution in [3.8, 4) is 10.6 Å². The molecule has 0 aliphatic rings. The van der Waals surface area contributed by atoms with Crippen molar-refractivity contribution in [1.29, 1.82) is 0 Å². The van der Waals surface area contributed by atoms with Crippen molar-refractivity contribution in [1.82, 2.24) is 15.5 Å². The normalized spacial score (nSPS) is 12.8. The van der Waals surface area contributed by atoms with Gasteiger partial charge in [0.25, 0.3) is 5.91 Å². The molecule has 30 heavy (non-hydrogen) atoms. The minimum atomic E-state index is -0.710. The standard InChI is InChI=1S/C21H20BrClN4O2S/c1-3-12(2)17(24-18(28)13-6-10-16(23)11-7-13)19(29)25-21-27-26-20(30-21)14-4-8-15(22)9-5-14/h4-12,17H,3H2,1-2H3,(H,24,28)(H,25,27,29). The highest BCUT2D eigenvalue weighted by atomic mass is 79.9. The summed E-state index contributed by atoms with van der Waals surface area (Å²) in [5, 5.41) is 15.4. The van der Waals surface area contributed by atoms with Crippen LogP contribution in [0, 0.1) is 5.92 Å². The number of halogens is 2. The second-order valence-corrected chi connectivity index (χ2v) is 9.08. The third-order valence-corrected chi connectivity index (χ3v) is 6.30. The second kappa shape index (κ2) is 10.1. The average Bonchev–Trinajstić information content (AvgIpc) is 3.20. The third kappa shape index (κ3) is 5.65. The molecule has 0 aliphatic carbocycles. The first kappa shape index (κ1) is 22.4. The molecule has 3 rings (SSSR count). The number of aromatic nitrogens is 2. The molecule has 0 fully saturated rings. The molecule has 9 heteroatoms. The molecule has 2 N–H and O–H groups in total. The fourth-order valence-electron chi connectivity index (χ4n) is 2.69. The van der Waals surface area contributed by atoms with E-state index in [1.54, 1.807) is 24.3 Å². The van der Waals surface area contributed by atoms with E-state index >= 15 is 0 Å². The van der Waals surface area contributed by atoms with Gasteiger partial charge in [-0.3, -0.25) is 14.9 Å². The molecule has 2 unspecified atom stereocenters. The minimum Gasteiger partial charge on any atom is -0.340 e. The molecule has 0 spiro atoms. The predicted molar refractivity (Wildman–Crippen MR) is 124 cm³/mol. The lowest BCUT2D eigenvalue weighted by Crippen LogP contribution is -2.47. The number of nitrogens with zero attached hydrogens (tertiary/aromatic N) is 2. The molecular weight excluding hydrogens is 488 g/mol. The maximum absolute atomic E-state index is 12.9. The van der Waals surface area contributed by atoms with Crippen LogP contribution >= 0.6 is 38.9 Å². The number of carbonyl (C=O) groups excluding carboxylic acids is 2. The number of carbonyl (C=O) groups is 2. The Morgan fingerprint density at radius 1 is 1.10 bits per heavy atom. The highest BCUT2D eigenvalue weighted by Gasteiger charge is 2.27. The number of hydrogen-bond acceptors (Lipinski definition) is 5. The number of anilines is 1. The number of benzene rings is 2. The number of amides is 2. The van der Waals surface area contributed by atoms with Gasteiger partial charge in [-0.1, -0.05) is 71.3 Å². The van der Waals surface area contributed by atoms with Gasteiger partial charge in [0.15, 0.2) is 0 Å². The largest absolute Gasteiger partial charge is 0.340 e. The van der Waals surface area contributed by atoms with E-state index in [0.29, 0.717) is 20.7 Å². The predicted octanol–water partition coefficient (Wildman–Crippen LogP) is 5.40. The smallest absolute Gasteiger partial charge is 0.251 e. The van der Waals surface area contributed by atoms with E-state index in [-0.39, 0.29) is 17.7 Å². The lowest BCUT2D eigenvalue weighted by molar-refractivity contribution is -0.119. The van der Waals surface area contributed by atoms with Gasteiger partial charge in [-0.25, -0.2) is 0 Å². The molecule has 0 radical (unpaired) electrons. The van der Waals surface area contributed by atoms with E-state index in [2.05, 4.69) is 36.8 Å². The van der Waals surface area contributed by atoms with Crippen molar-refractivity contribution in [2.24, 2.45) is 5.92 Å². The van der Waals surface area contributed by atoms with Crippen LogP contribution in [0.3, 0.4) is 0 Å². The van der Waals surface area contributed by atoms with Crippen LogP contribution in [0.4, 0.5) is 5.13 Å². The van der Waals surface area contributed by atoms with E-state index < -0.39 is 6.04 Å². The highest BCUT2D eigenvalue weighted by Crippen LogP contribution is 2.27. The van der Waals surface area contributed by atoms with E-state index in [0.717, 1.165) is 16.5 Å². The number of hydrogen-bond donors (Lipinski definition) is 2. The van der Waals surface area contributed by atoms with Crippen LogP contribution in [0.1, 0.15) is 30.6 Å². The molecule has 0 saturated heterocycles. The zero-order valence-electron chi connectivity index (χ0n) is 16.4. The Hall–Kier alpha value is -2.29. The highest BCUT2D eigenvalue weighted by molar-refractivity contribution is 9.10. The Morgan fingerprint density at radius 2 is 1.77 bits per heavy atom. The molecule has 2 atom stereocenters. The van der Waals surface area contributed by atoms with Crippen LogP contribution in [0.15, 0.2) is 53.0 Å². The summed E-state index contributed by atoms with van der Waals surface area (Å²) in [5.41, 5.74) is 1.35. The number of rotatable bonds is 7. The summed E-state index contributed by atoms with van der Waals surface area (Å²) in [7, 11) is 0. The minimum absolute atomic E-state index is 0.0693. The van der Waals surface area contributed by atoms with Crippen molar-refractivity contribution < 1.29 is 9.59 Å². The van der Waals surface area contributed by atoms with Crippen LogP contribution in [0.5, 0.6) is 0 Å². The van der Waals surface area contributed by atoms with Crippen molar-refractivity contribution in [2.75, 3.05) is 5.32 Å². The Labute approximate surface area is 192 Å². The summed E-state index contributed by atoms with van der Waals surface area (Å²) in [6, 6.07) is 13.5. The Bertz CT molecular complexity index is 1020. The Kier molecular flexibility index (Phi) is 7.58. The first-order valence-corrected chi connectivity index (χ1v) is 11.3. The Balaban J connectivity index is 1.72. The first-order chi connectivity index (χ1) is 14.4. The van der Waals surface area contributed by atoms with Gasteiger partial charge < -0.3 is 5.32 Å². The summed E-state index contributed by atoms with van der Waals surface area (Å²) >= 11 is 10.6. The second-order valence-electron chi connectivity index (χ2n) is 6.75.